The summed E-state index contributed by atoms with van der Waals surface area (Å²) in [4.78, 5) is 11.0. The molecule has 0 aliphatic rings. The fraction of sp³-hybridized carbons (Fsp3) is 0.188. The van der Waals surface area contributed by atoms with E-state index in [9.17, 15) is 18.0 Å². The molecule has 115 valence electrons. The molecule has 0 heterocycles. The fourth-order valence-electron chi connectivity index (χ4n) is 1.82. The molecule has 2 rings (SSSR count). The van der Waals surface area contributed by atoms with Crippen molar-refractivity contribution in [1.82, 2.24) is 0 Å². The Balaban J connectivity index is 2.30. The number of para-hydroxylation sites is 1. The van der Waals surface area contributed by atoms with Gasteiger partial charge in [0, 0.05) is 18.6 Å². The highest BCUT2D eigenvalue weighted by Crippen LogP contribution is 2.32. The van der Waals surface area contributed by atoms with E-state index in [0.29, 0.717) is 16.9 Å². The third kappa shape index (κ3) is 4.51. The smallest absolute Gasteiger partial charge is 0.422 e. The first-order chi connectivity index (χ1) is 10.3. The summed E-state index contributed by atoms with van der Waals surface area (Å²) in [6.45, 7) is -0.134. The summed E-state index contributed by atoms with van der Waals surface area (Å²) in [5, 5.41) is 0. The third-order valence-corrected chi connectivity index (χ3v) is 2.60. The first kappa shape index (κ1) is 15.9. The van der Waals surface area contributed by atoms with E-state index in [-0.39, 0.29) is 5.75 Å². The number of benzene rings is 2. The molecule has 3 nitrogen and oxygen atoms in total. The van der Waals surface area contributed by atoms with Crippen molar-refractivity contribution in [2.75, 3.05) is 6.61 Å². The maximum absolute atomic E-state index is 12.3. The molecular weight excluding hydrogens is 297 g/mol. The Labute approximate surface area is 125 Å². The second-order valence-corrected chi connectivity index (χ2v) is 4.44. The van der Waals surface area contributed by atoms with Crippen LogP contribution in [0.5, 0.6) is 11.5 Å². The van der Waals surface area contributed by atoms with Crippen molar-refractivity contribution < 1.29 is 27.4 Å². The average molecular weight is 309 g/mol. The minimum atomic E-state index is -4.43. The van der Waals surface area contributed by atoms with Crippen LogP contribution in [0, 0.1) is 6.07 Å². The van der Waals surface area contributed by atoms with E-state index < -0.39 is 18.8 Å². The standard InChI is InChI=1S/C16H12F3O3/c1-11(20)22-13-6-4-5-12(9-13)14-7-2-3-8-15(14)21-10-16(17,18)19/h2-7,9H,10H2,1H3. The number of halogens is 3. The number of hydrogen-bond acceptors (Lipinski definition) is 3. The van der Waals surface area contributed by atoms with E-state index in [1.165, 1.54) is 13.0 Å². The molecule has 0 fully saturated rings. The summed E-state index contributed by atoms with van der Waals surface area (Å²) in [5.74, 6) is -0.194. The van der Waals surface area contributed by atoms with Crippen molar-refractivity contribution in [3.8, 4) is 22.6 Å². The van der Waals surface area contributed by atoms with Crippen LogP contribution in [-0.2, 0) is 4.79 Å². The molecule has 0 spiro atoms. The molecule has 0 saturated carbocycles. The molecule has 6 heteroatoms. The molecule has 22 heavy (non-hydrogen) atoms. The number of rotatable bonds is 4. The topological polar surface area (TPSA) is 35.5 Å². The maximum Gasteiger partial charge on any atom is 0.422 e. The summed E-state index contributed by atoms with van der Waals surface area (Å²) >= 11 is 0. The molecule has 0 atom stereocenters. The zero-order chi connectivity index (χ0) is 16.2. The van der Waals surface area contributed by atoms with Gasteiger partial charge in [-0.25, -0.2) is 0 Å². The zero-order valence-corrected chi connectivity index (χ0v) is 11.6. The molecule has 1 radical (unpaired) electrons. The van der Waals surface area contributed by atoms with Crippen LogP contribution < -0.4 is 9.47 Å². The van der Waals surface area contributed by atoms with Gasteiger partial charge >= 0.3 is 12.1 Å². The van der Waals surface area contributed by atoms with Gasteiger partial charge < -0.3 is 9.47 Å². The van der Waals surface area contributed by atoms with Crippen LogP contribution in [0.15, 0.2) is 42.5 Å². The Hall–Kier alpha value is -2.50. The Morgan fingerprint density at radius 1 is 1.23 bits per heavy atom. The van der Waals surface area contributed by atoms with E-state index in [4.69, 9.17) is 9.47 Å². The first-order valence-electron chi connectivity index (χ1n) is 6.34. The van der Waals surface area contributed by atoms with Gasteiger partial charge in [0.15, 0.2) is 6.61 Å². The number of hydrogen-bond donors (Lipinski definition) is 0. The lowest BCUT2D eigenvalue weighted by atomic mass is 10.0. The van der Waals surface area contributed by atoms with Gasteiger partial charge in [-0.3, -0.25) is 4.79 Å². The summed E-state index contributed by atoms with van der Waals surface area (Å²) in [7, 11) is 0. The van der Waals surface area contributed by atoms with Crippen molar-refractivity contribution in [3.63, 3.8) is 0 Å². The molecule has 0 N–H and O–H groups in total. The van der Waals surface area contributed by atoms with Gasteiger partial charge in [-0.05, 0) is 17.7 Å². The largest absolute Gasteiger partial charge is 0.483 e. The molecular formula is C16H12F3O3. The van der Waals surface area contributed by atoms with Crippen LogP contribution in [0.25, 0.3) is 11.1 Å². The monoisotopic (exact) mass is 309 g/mol. The van der Waals surface area contributed by atoms with Gasteiger partial charge in [-0.15, -0.1) is 0 Å². The lowest BCUT2D eigenvalue weighted by molar-refractivity contribution is -0.153. The average Bonchev–Trinajstić information content (AvgIpc) is 2.44. The molecule has 0 aliphatic carbocycles. The molecule has 2 aromatic rings. The Kier molecular flexibility index (Phi) is 4.70. The van der Waals surface area contributed by atoms with E-state index in [1.54, 1.807) is 36.4 Å². The highest BCUT2D eigenvalue weighted by atomic mass is 19.4. The van der Waals surface area contributed by atoms with Crippen LogP contribution in [-0.4, -0.2) is 18.8 Å². The van der Waals surface area contributed by atoms with Crippen LogP contribution in [0.2, 0.25) is 0 Å². The highest BCUT2D eigenvalue weighted by molar-refractivity contribution is 5.73. The Morgan fingerprint density at radius 2 is 2.00 bits per heavy atom. The summed E-state index contributed by atoms with van der Waals surface area (Å²) in [6, 6.07) is 13.8. The SMILES string of the molecule is CC(=O)Oc1cccc(-c2ccc[c]c2OCC(F)(F)F)c1. The molecule has 0 amide bonds. The zero-order valence-electron chi connectivity index (χ0n) is 11.6. The van der Waals surface area contributed by atoms with Gasteiger partial charge in [-0.1, -0.05) is 30.3 Å². The Morgan fingerprint density at radius 3 is 2.68 bits per heavy atom. The first-order valence-corrected chi connectivity index (χ1v) is 6.34. The Bertz CT molecular complexity index is 666. The van der Waals surface area contributed by atoms with E-state index in [0.717, 1.165) is 0 Å². The lowest BCUT2D eigenvalue weighted by Gasteiger charge is -2.13. The second kappa shape index (κ2) is 6.51. The molecule has 0 saturated heterocycles. The van der Waals surface area contributed by atoms with Crippen molar-refractivity contribution in [3.05, 3.63) is 48.5 Å². The van der Waals surface area contributed by atoms with Gasteiger partial charge in [0.2, 0.25) is 0 Å². The lowest BCUT2D eigenvalue weighted by Crippen LogP contribution is -2.19. The number of carbonyl (C=O) groups excluding carboxylic acids is 1. The molecule has 2 aromatic carbocycles. The van der Waals surface area contributed by atoms with Gasteiger partial charge in [-0.2, -0.15) is 13.2 Å². The van der Waals surface area contributed by atoms with Crippen LogP contribution in [0.1, 0.15) is 6.92 Å². The maximum atomic E-state index is 12.3. The predicted molar refractivity (Wildman–Crippen MR) is 73.6 cm³/mol. The summed E-state index contributed by atoms with van der Waals surface area (Å²) in [5.41, 5.74) is 0.994. The van der Waals surface area contributed by atoms with Crippen molar-refractivity contribution in [2.24, 2.45) is 0 Å². The predicted octanol–water partition coefficient (Wildman–Crippen LogP) is 4.02. The van der Waals surface area contributed by atoms with Crippen molar-refractivity contribution >= 4 is 5.97 Å². The van der Waals surface area contributed by atoms with E-state index in [2.05, 4.69) is 6.07 Å². The highest BCUT2D eigenvalue weighted by Gasteiger charge is 2.28. The number of carbonyl (C=O) groups is 1. The van der Waals surface area contributed by atoms with Gasteiger partial charge in [0.25, 0.3) is 0 Å². The van der Waals surface area contributed by atoms with E-state index >= 15 is 0 Å². The van der Waals surface area contributed by atoms with Crippen LogP contribution >= 0.6 is 0 Å². The number of ether oxygens (including phenoxy) is 2. The van der Waals surface area contributed by atoms with Crippen molar-refractivity contribution in [2.45, 2.75) is 13.1 Å². The molecule has 0 bridgehead atoms. The summed E-state index contributed by atoms with van der Waals surface area (Å²) in [6.07, 6.45) is -4.43. The van der Waals surface area contributed by atoms with Gasteiger partial charge in [0.1, 0.15) is 11.5 Å². The van der Waals surface area contributed by atoms with Crippen molar-refractivity contribution in [1.29, 1.82) is 0 Å². The number of alkyl halides is 3. The van der Waals surface area contributed by atoms with Gasteiger partial charge in [0.05, 0.1) is 0 Å². The van der Waals surface area contributed by atoms with Crippen LogP contribution in [0.4, 0.5) is 13.2 Å². The fourth-order valence-corrected chi connectivity index (χ4v) is 1.82. The minimum absolute atomic E-state index is 0.0141. The number of esters is 1. The second-order valence-electron chi connectivity index (χ2n) is 4.44. The minimum Gasteiger partial charge on any atom is -0.483 e. The van der Waals surface area contributed by atoms with Crippen LogP contribution in [0.3, 0.4) is 0 Å². The third-order valence-electron chi connectivity index (χ3n) is 2.60. The quantitative estimate of drug-likeness (QED) is 0.632. The molecule has 0 aromatic heterocycles. The summed E-state index contributed by atoms with van der Waals surface area (Å²) < 4.78 is 46.6. The normalized spacial score (nSPS) is 11.1. The molecule has 0 aliphatic heterocycles. The van der Waals surface area contributed by atoms with E-state index in [1.807, 2.05) is 0 Å². The molecule has 0 unspecified atom stereocenters.